The van der Waals surface area contributed by atoms with Crippen molar-refractivity contribution < 1.29 is 9.18 Å². The van der Waals surface area contributed by atoms with E-state index in [1.807, 2.05) is 48.5 Å². The molecular weight excluding hydrogens is 407 g/mol. The van der Waals surface area contributed by atoms with Crippen molar-refractivity contribution in [2.75, 3.05) is 5.32 Å². The Labute approximate surface area is 185 Å². The van der Waals surface area contributed by atoms with Crippen molar-refractivity contribution in [1.29, 1.82) is 0 Å². The van der Waals surface area contributed by atoms with Gasteiger partial charge in [0.2, 0.25) is 5.91 Å². The molecule has 0 saturated heterocycles. The fraction of sp³-hybridized carbons (Fsp3) is 0.167. The summed E-state index contributed by atoms with van der Waals surface area (Å²) in [5.74, 6) is -0.00429. The number of carbonyl (C=O) groups excluding carboxylic acids is 1. The maximum atomic E-state index is 13.2. The van der Waals surface area contributed by atoms with Gasteiger partial charge in [-0.1, -0.05) is 30.3 Å². The first-order valence-corrected chi connectivity index (χ1v) is 10.2. The van der Waals surface area contributed by atoms with Crippen molar-refractivity contribution >= 4 is 11.7 Å². The summed E-state index contributed by atoms with van der Waals surface area (Å²) in [4.78, 5) is 21.3. The number of halogens is 1. The maximum absolute atomic E-state index is 13.2. The van der Waals surface area contributed by atoms with Gasteiger partial charge in [0, 0.05) is 37.6 Å². The molecule has 4 aromatic rings. The van der Waals surface area contributed by atoms with E-state index < -0.39 is 11.9 Å². The van der Waals surface area contributed by atoms with Crippen LogP contribution in [0.3, 0.4) is 0 Å². The van der Waals surface area contributed by atoms with Gasteiger partial charge >= 0.3 is 0 Å². The van der Waals surface area contributed by atoms with Gasteiger partial charge in [0.1, 0.15) is 11.6 Å². The molecule has 1 amide bonds. The van der Waals surface area contributed by atoms with E-state index in [9.17, 15) is 9.18 Å². The number of hydrogen-bond donors (Lipinski definition) is 2. The SMILES string of the molecule is Cn1nc(-c2ccncc2)cc1NC(=O)[C@H](Cc1ccccc1)NCc1ccc(F)cn1. The number of rotatable bonds is 8. The number of aromatic nitrogens is 4. The highest BCUT2D eigenvalue weighted by molar-refractivity contribution is 5.94. The lowest BCUT2D eigenvalue weighted by Gasteiger charge is -2.18. The summed E-state index contributed by atoms with van der Waals surface area (Å²) in [6.45, 7) is 0.332. The van der Waals surface area contributed by atoms with Crippen molar-refractivity contribution in [1.82, 2.24) is 25.1 Å². The average molecular weight is 430 g/mol. The Hall–Kier alpha value is -3.91. The number of benzene rings is 1. The maximum Gasteiger partial charge on any atom is 0.243 e. The minimum Gasteiger partial charge on any atom is -0.310 e. The van der Waals surface area contributed by atoms with Gasteiger partial charge in [-0.2, -0.15) is 5.10 Å². The van der Waals surface area contributed by atoms with E-state index in [4.69, 9.17) is 0 Å². The van der Waals surface area contributed by atoms with Gasteiger partial charge in [0.05, 0.1) is 23.6 Å². The summed E-state index contributed by atoms with van der Waals surface area (Å²) in [5.41, 5.74) is 3.33. The van der Waals surface area contributed by atoms with Gasteiger partial charge in [-0.05, 0) is 36.2 Å². The van der Waals surface area contributed by atoms with E-state index in [-0.39, 0.29) is 5.91 Å². The highest BCUT2D eigenvalue weighted by atomic mass is 19.1. The van der Waals surface area contributed by atoms with Crippen LogP contribution in [-0.2, 0) is 24.8 Å². The van der Waals surface area contributed by atoms with E-state index in [2.05, 4.69) is 25.7 Å². The molecule has 3 heterocycles. The molecule has 32 heavy (non-hydrogen) atoms. The zero-order valence-electron chi connectivity index (χ0n) is 17.6. The molecule has 0 radical (unpaired) electrons. The third kappa shape index (κ3) is 5.41. The molecule has 0 bridgehead atoms. The van der Waals surface area contributed by atoms with Crippen LogP contribution in [0.15, 0.2) is 79.3 Å². The number of hydrogen-bond acceptors (Lipinski definition) is 5. The Kier molecular flexibility index (Phi) is 6.62. The van der Waals surface area contributed by atoms with Crippen molar-refractivity contribution in [3.05, 3.63) is 96.3 Å². The summed E-state index contributed by atoms with van der Waals surface area (Å²) in [5, 5.41) is 10.7. The molecule has 0 fully saturated rings. The standard InChI is InChI=1S/C24H23FN6O/c1-31-23(14-21(30-31)18-9-11-26-12-10-18)29-24(32)22(13-17-5-3-2-4-6-17)28-16-20-8-7-19(25)15-27-20/h2-12,14-15,22,28H,13,16H2,1H3,(H,29,32)/t22-/m0/s1. The number of amides is 1. The molecule has 8 heteroatoms. The molecule has 0 aliphatic rings. The number of nitrogens with one attached hydrogen (secondary N) is 2. The minimum absolute atomic E-state index is 0.194. The Morgan fingerprint density at radius 2 is 1.88 bits per heavy atom. The zero-order chi connectivity index (χ0) is 22.3. The normalized spacial score (nSPS) is 11.8. The minimum atomic E-state index is -0.525. The van der Waals surface area contributed by atoms with Crippen LogP contribution < -0.4 is 10.6 Å². The third-order valence-electron chi connectivity index (χ3n) is 5.02. The van der Waals surface area contributed by atoms with Crippen LogP contribution in [0, 0.1) is 5.82 Å². The average Bonchev–Trinajstić information content (AvgIpc) is 3.19. The van der Waals surface area contributed by atoms with Crippen molar-refractivity contribution in [2.45, 2.75) is 19.0 Å². The summed E-state index contributed by atoms with van der Waals surface area (Å²) in [6, 6.07) is 17.7. The first-order chi connectivity index (χ1) is 15.6. The molecule has 1 atom stereocenters. The van der Waals surface area contributed by atoms with E-state index in [0.29, 0.717) is 24.5 Å². The van der Waals surface area contributed by atoms with Crippen molar-refractivity contribution in [2.24, 2.45) is 7.05 Å². The summed E-state index contributed by atoms with van der Waals surface area (Å²) in [7, 11) is 1.78. The predicted molar refractivity (Wildman–Crippen MR) is 120 cm³/mol. The van der Waals surface area contributed by atoms with E-state index >= 15 is 0 Å². The molecule has 0 aliphatic carbocycles. The monoisotopic (exact) mass is 430 g/mol. The van der Waals surface area contributed by atoms with Gasteiger partial charge < -0.3 is 5.32 Å². The predicted octanol–water partition coefficient (Wildman–Crippen LogP) is 3.36. The topological polar surface area (TPSA) is 84.7 Å². The molecular formula is C24H23FN6O. The third-order valence-corrected chi connectivity index (χ3v) is 5.02. The highest BCUT2D eigenvalue weighted by Gasteiger charge is 2.21. The van der Waals surface area contributed by atoms with Crippen LogP contribution in [0.1, 0.15) is 11.3 Å². The molecule has 0 saturated carbocycles. The lowest BCUT2D eigenvalue weighted by Crippen LogP contribution is -2.42. The summed E-state index contributed by atoms with van der Waals surface area (Å²) < 4.78 is 14.8. The van der Waals surface area contributed by atoms with Gasteiger partial charge in [-0.25, -0.2) is 4.39 Å². The van der Waals surface area contributed by atoms with Gasteiger partial charge in [-0.15, -0.1) is 0 Å². The second-order valence-electron chi connectivity index (χ2n) is 7.35. The van der Waals surface area contributed by atoms with Gasteiger partial charge in [0.25, 0.3) is 0 Å². The van der Waals surface area contributed by atoms with Crippen LogP contribution in [0.5, 0.6) is 0 Å². The second-order valence-corrected chi connectivity index (χ2v) is 7.35. The lowest BCUT2D eigenvalue weighted by atomic mass is 10.1. The highest BCUT2D eigenvalue weighted by Crippen LogP contribution is 2.21. The molecule has 3 aromatic heterocycles. The molecule has 1 aromatic carbocycles. The Morgan fingerprint density at radius 1 is 1.09 bits per heavy atom. The molecule has 0 unspecified atom stereocenters. The van der Waals surface area contributed by atoms with Gasteiger partial charge in [0.15, 0.2) is 0 Å². The molecule has 0 spiro atoms. The Morgan fingerprint density at radius 3 is 2.59 bits per heavy atom. The fourth-order valence-electron chi connectivity index (χ4n) is 3.31. The molecule has 4 rings (SSSR count). The molecule has 162 valence electrons. The largest absolute Gasteiger partial charge is 0.310 e. The van der Waals surface area contributed by atoms with E-state index in [1.165, 1.54) is 12.3 Å². The summed E-state index contributed by atoms with van der Waals surface area (Å²) >= 11 is 0. The van der Waals surface area contributed by atoms with Crippen molar-refractivity contribution in [3.8, 4) is 11.3 Å². The second kappa shape index (κ2) is 9.93. The molecule has 7 nitrogen and oxygen atoms in total. The Balaban J connectivity index is 1.50. The van der Waals surface area contributed by atoms with E-state index in [0.717, 1.165) is 16.8 Å². The molecule has 2 N–H and O–H groups in total. The quantitative estimate of drug-likeness (QED) is 0.448. The van der Waals surface area contributed by atoms with E-state index in [1.54, 1.807) is 30.2 Å². The molecule has 0 aliphatic heterocycles. The van der Waals surface area contributed by atoms with Crippen LogP contribution in [-0.4, -0.2) is 31.7 Å². The first kappa shape index (κ1) is 21.3. The number of anilines is 1. The van der Waals surface area contributed by atoms with Crippen LogP contribution in [0.25, 0.3) is 11.3 Å². The smallest absolute Gasteiger partial charge is 0.243 e. The lowest BCUT2D eigenvalue weighted by molar-refractivity contribution is -0.118. The van der Waals surface area contributed by atoms with Crippen LogP contribution >= 0.6 is 0 Å². The van der Waals surface area contributed by atoms with Crippen LogP contribution in [0.2, 0.25) is 0 Å². The number of carbonyl (C=O) groups is 1. The Bertz CT molecular complexity index is 1160. The summed E-state index contributed by atoms with van der Waals surface area (Å²) in [6.07, 6.45) is 5.06. The van der Waals surface area contributed by atoms with Crippen LogP contribution in [0.4, 0.5) is 10.2 Å². The fourth-order valence-corrected chi connectivity index (χ4v) is 3.31. The van der Waals surface area contributed by atoms with Gasteiger partial charge in [-0.3, -0.25) is 24.8 Å². The number of aryl methyl sites for hydroxylation is 1. The van der Waals surface area contributed by atoms with Crippen molar-refractivity contribution in [3.63, 3.8) is 0 Å². The number of nitrogens with zero attached hydrogens (tertiary/aromatic N) is 4. The first-order valence-electron chi connectivity index (χ1n) is 10.2. The zero-order valence-corrected chi connectivity index (χ0v) is 17.6. The number of pyridine rings is 2.